The maximum atomic E-state index is 12.2. The van der Waals surface area contributed by atoms with E-state index in [1.54, 1.807) is 38.1 Å². The SMILES string of the molecule is COC(=O)[C@@H](NC(=O)c1c[n+]([O-])c2ccccc2n1)C(C)C. The normalized spacial score (nSPS) is 12.2. The number of nitrogens with zero attached hydrogens (tertiary/aromatic N) is 2. The molecule has 0 bridgehead atoms. The second-order valence-corrected chi connectivity index (χ2v) is 5.16. The average molecular weight is 303 g/mol. The molecule has 1 aromatic carbocycles. The predicted molar refractivity (Wildman–Crippen MR) is 78.8 cm³/mol. The molecule has 0 aliphatic rings. The van der Waals surface area contributed by atoms with Crippen LogP contribution in [-0.2, 0) is 9.53 Å². The van der Waals surface area contributed by atoms with E-state index in [4.69, 9.17) is 0 Å². The minimum absolute atomic E-state index is 0.0525. The van der Waals surface area contributed by atoms with Crippen molar-refractivity contribution in [2.24, 2.45) is 5.92 Å². The zero-order valence-electron chi connectivity index (χ0n) is 12.6. The molecule has 0 aliphatic carbocycles. The van der Waals surface area contributed by atoms with Gasteiger partial charge in [-0.25, -0.2) is 9.78 Å². The van der Waals surface area contributed by atoms with Crippen LogP contribution in [-0.4, -0.2) is 30.0 Å². The first-order chi connectivity index (χ1) is 10.4. The number of nitrogens with one attached hydrogen (secondary N) is 1. The van der Waals surface area contributed by atoms with Crippen LogP contribution in [0.25, 0.3) is 11.0 Å². The Morgan fingerprint density at radius 2 is 2.00 bits per heavy atom. The summed E-state index contributed by atoms with van der Waals surface area (Å²) >= 11 is 0. The molecule has 0 unspecified atom stereocenters. The number of aromatic nitrogens is 2. The van der Waals surface area contributed by atoms with Crippen LogP contribution < -0.4 is 10.0 Å². The van der Waals surface area contributed by atoms with Gasteiger partial charge in [0.1, 0.15) is 11.6 Å². The summed E-state index contributed by atoms with van der Waals surface area (Å²) in [5.41, 5.74) is 0.722. The van der Waals surface area contributed by atoms with E-state index in [0.29, 0.717) is 15.8 Å². The number of hydrogen-bond donors (Lipinski definition) is 1. The Kier molecular flexibility index (Phi) is 4.55. The molecule has 7 heteroatoms. The van der Waals surface area contributed by atoms with Crippen LogP contribution in [0.3, 0.4) is 0 Å². The third kappa shape index (κ3) is 3.13. The average Bonchev–Trinajstić information content (AvgIpc) is 2.51. The van der Waals surface area contributed by atoms with Gasteiger partial charge in [0, 0.05) is 6.07 Å². The molecular weight excluding hydrogens is 286 g/mol. The number of para-hydroxylation sites is 2. The van der Waals surface area contributed by atoms with E-state index in [9.17, 15) is 14.8 Å². The van der Waals surface area contributed by atoms with Gasteiger partial charge in [-0.15, -0.1) is 0 Å². The molecule has 0 saturated carbocycles. The first-order valence-corrected chi connectivity index (χ1v) is 6.81. The Bertz CT molecular complexity index is 715. The smallest absolute Gasteiger partial charge is 0.328 e. The van der Waals surface area contributed by atoms with E-state index in [2.05, 4.69) is 15.0 Å². The van der Waals surface area contributed by atoms with Gasteiger partial charge in [0.05, 0.1) is 7.11 Å². The highest BCUT2D eigenvalue weighted by Crippen LogP contribution is 2.09. The molecule has 0 aliphatic heterocycles. The number of carbonyl (C=O) groups excluding carboxylic acids is 2. The quantitative estimate of drug-likeness (QED) is 0.512. The molecule has 1 heterocycles. The minimum Gasteiger partial charge on any atom is -0.618 e. The van der Waals surface area contributed by atoms with Gasteiger partial charge in [0.15, 0.2) is 5.69 Å². The monoisotopic (exact) mass is 303 g/mol. The fraction of sp³-hybridized carbons (Fsp3) is 0.333. The highest BCUT2D eigenvalue weighted by molar-refractivity contribution is 5.95. The lowest BCUT2D eigenvalue weighted by Gasteiger charge is -2.19. The number of methoxy groups -OCH3 is 1. The number of benzene rings is 1. The lowest BCUT2D eigenvalue weighted by Crippen LogP contribution is -2.45. The Balaban J connectivity index is 2.31. The second-order valence-electron chi connectivity index (χ2n) is 5.16. The molecule has 0 saturated heterocycles. The molecule has 116 valence electrons. The topological polar surface area (TPSA) is 95.2 Å². The van der Waals surface area contributed by atoms with E-state index in [-0.39, 0.29) is 11.6 Å². The maximum absolute atomic E-state index is 12.2. The van der Waals surface area contributed by atoms with Crippen LogP contribution in [0.1, 0.15) is 24.3 Å². The Morgan fingerprint density at radius 3 is 2.64 bits per heavy atom. The number of carbonyl (C=O) groups is 2. The van der Waals surface area contributed by atoms with Crippen LogP contribution in [0.15, 0.2) is 30.5 Å². The molecule has 0 spiro atoms. The van der Waals surface area contributed by atoms with Crippen molar-refractivity contribution in [1.29, 1.82) is 0 Å². The zero-order chi connectivity index (χ0) is 16.3. The van der Waals surface area contributed by atoms with Crippen LogP contribution in [0.4, 0.5) is 0 Å². The molecule has 1 aromatic heterocycles. The number of esters is 1. The third-order valence-corrected chi connectivity index (χ3v) is 3.24. The number of fused-ring (bicyclic) bond motifs is 1. The van der Waals surface area contributed by atoms with Crippen LogP contribution in [0.2, 0.25) is 0 Å². The standard InChI is InChI=1S/C15H17N3O4/c1-9(2)13(15(20)22-3)17-14(19)11-8-18(21)12-7-5-4-6-10(12)16-11/h4-9,13H,1-3H3,(H,17,19)/t13-/m0/s1. The van der Waals surface area contributed by atoms with Gasteiger partial charge in [-0.2, -0.15) is 4.73 Å². The maximum Gasteiger partial charge on any atom is 0.328 e. The van der Waals surface area contributed by atoms with Gasteiger partial charge in [0.2, 0.25) is 11.7 Å². The van der Waals surface area contributed by atoms with E-state index in [1.807, 2.05) is 0 Å². The summed E-state index contributed by atoms with van der Waals surface area (Å²) in [6.07, 6.45) is 1.09. The molecule has 2 rings (SSSR count). The largest absolute Gasteiger partial charge is 0.618 e. The number of hydrogen-bond acceptors (Lipinski definition) is 5. The van der Waals surface area contributed by atoms with Crippen LogP contribution in [0.5, 0.6) is 0 Å². The first-order valence-electron chi connectivity index (χ1n) is 6.81. The molecule has 1 N–H and O–H groups in total. The molecule has 0 radical (unpaired) electrons. The second kappa shape index (κ2) is 6.38. The van der Waals surface area contributed by atoms with Crippen LogP contribution >= 0.6 is 0 Å². The van der Waals surface area contributed by atoms with Crippen molar-refractivity contribution in [1.82, 2.24) is 10.3 Å². The van der Waals surface area contributed by atoms with Crippen molar-refractivity contribution in [2.45, 2.75) is 19.9 Å². The summed E-state index contributed by atoms with van der Waals surface area (Å²) < 4.78 is 5.25. The van der Waals surface area contributed by atoms with Gasteiger partial charge < -0.3 is 15.3 Å². The van der Waals surface area contributed by atoms with E-state index in [0.717, 1.165) is 6.20 Å². The first kappa shape index (κ1) is 15.7. The molecular formula is C15H17N3O4. The van der Waals surface area contributed by atoms with Gasteiger partial charge >= 0.3 is 5.97 Å². The Morgan fingerprint density at radius 1 is 1.32 bits per heavy atom. The Labute approximate surface area is 127 Å². The minimum atomic E-state index is -0.800. The number of amides is 1. The molecule has 7 nitrogen and oxygen atoms in total. The molecule has 0 fully saturated rings. The van der Waals surface area contributed by atoms with Gasteiger partial charge in [0.25, 0.3) is 5.91 Å². The molecule has 2 aromatic rings. The van der Waals surface area contributed by atoms with Crippen molar-refractivity contribution in [2.75, 3.05) is 7.11 Å². The summed E-state index contributed by atoms with van der Waals surface area (Å²) in [5, 5.41) is 14.5. The highest BCUT2D eigenvalue weighted by Gasteiger charge is 2.27. The summed E-state index contributed by atoms with van der Waals surface area (Å²) in [6.45, 7) is 3.56. The predicted octanol–water partition coefficient (Wildman–Crippen LogP) is 0.796. The third-order valence-electron chi connectivity index (χ3n) is 3.24. The Hall–Kier alpha value is -2.70. The van der Waals surface area contributed by atoms with E-state index in [1.165, 1.54) is 7.11 Å². The van der Waals surface area contributed by atoms with Crippen molar-refractivity contribution < 1.29 is 19.1 Å². The molecule has 22 heavy (non-hydrogen) atoms. The van der Waals surface area contributed by atoms with Crippen molar-refractivity contribution in [3.8, 4) is 0 Å². The summed E-state index contributed by atoms with van der Waals surface area (Å²) in [6, 6.07) is 5.89. The van der Waals surface area contributed by atoms with Gasteiger partial charge in [-0.1, -0.05) is 26.0 Å². The number of rotatable bonds is 4. The van der Waals surface area contributed by atoms with E-state index < -0.39 is 17.9 Å². The van der Waals surface area contributed by atoms with E-state index >= 15 is 0 Å². The van der Waals surface area contributed by atoms with Crippen LogP contribution in [0, 0.1) is 11.1 Å². The summed E-state index contributed by atoms with van der Waals surface area (Å²) in [7, 11) is 1.25. The van der Waals surface area contributed by atoms with Crippen molar-refractivity contribution >= 4 is 22.9 Å². The van der Waals surface area contributed by atoms with Crippen molar-refractivity contribution in [3.63, 3.8) is 0 Å². The summed E-state index contributed by atoms with van der Waals surface area (Å²) in [5.74, 6) is -1.30. The number of ether oxygens (including phenoxy) is 1. The van der Waals surface area contributed by atoms with Gasteiger partial charge in [-0.3, -0.25) is 4.79 Å². The lowest BCUT2D eigenvalue weighted by molar-refractivity contribution is -0.577. The fourth-order valence-corrected chi connectivity index (χ4v) is 2.03. The van der Waals surface area contributed by atoms with Gasteiger partial charge in [-0.05, 0) is 12.0 Å². The zero-order valence-corrected chi connectivity index (χ0v) is 12.6. The summed E-state index contributed by atoms with van der Waals surface area (Å²) in [4.78, 5) is 28.1. The highest BCUT2D eigenvalue weighted by atomic mass is 16.5. The molecule has 1 atom stereocenters. The fourth-order valence-electron chi connectivity index (χ4n) is 2.03. The molecule has 1 amide bonds. The van der Waals surface area contributed by atoms with Crippen molar-refractivity contribution in [3.05, 3.63) is 41.4 Å². The lowest BCUT2D eigenvalue weighted by atomic mass is 10.0.